The standard InChI is InChI=1S/C13H18N4O/c1-17-9-3-2-4-12(17)13(18)16-15-10-11-5-7-14-8-6-11/h5-8,10,12H,2-4,9H2,1H3,(H,16,18)/b15-10-/t12-/m0/s1. The van der Waals surface area contributed by atoms with Crippen LogP contribution in [-0.2, 0) is 4.79 Å². The molecule has 0 unspecified atom stereocenters. The van der Waals surface area contributed by atoms with Crippen molar-refractivity contribution in [3.05, 3.63) is 30.1 Å². The average Bonchev–Trinajstić information content (AvgIpc) is 2.40. The topological polar surface area (TPSA) is 57.6 Å². The monoisotopic (exact) mass is 246 g/mol. The third kappa shape index (κ3) is 3.37. The molecule has 1 aromatic heterocycles. The Hall–Kier alpha value is -1.75. The molecular weight excluding hydrogens is 228 g/mol. The quantitative estimate of drug-likeness (QED) is 0.640. The van der Waals surface area contributed by atoms with Crippen LogP contribution in [0.4, 0.5) is 0 Å². The Kier molecular flexibility index (Phi) is 4.41. The van der Waals surface area contributed by atoms with E-state index in [0.717, 1.165) is 24.9 Å². The van der Waals surface area contributed by atoms with Crippen molar-refractivity contribution in [2.75, 3.05) is 13.6 Å². The van der Waals surface area contributed by atoms with E-state index in [-0.39, 0.29) is 11.9 Å². The summed E-state index contributed by atoms with van der Waals surface area (Å²) in [6, 6.07) is 3.62. The van der Waals surface area contributed by atoms with E-state index in [9.17, 15) is 4.79 Å². The predicted octanol–water partition coefficient (Wildman–Crippen LogP) is 1.02. The lowest BCUT2D eigenvalue weighted by Gasteiger charge is -2.30. The van der Waals surface area contributed by atoms with Gasteiger partial charge >= 0.3 is 0 Å². The van der Waals surface area contributed by atoms with Gasteiger partial charge in [0, 0.05) is 12.4 Å². The summed E-state index contributed by atoms with van der Waals surface area (Å²) in [5.41, 5.74) is 3.52. The first-order valence-electron chi connectivity index (χ1n) is 6.20. The Morgan fingerprint density at radius 2 is 2.28 bits per heavy atom. The molecule has 1 aromatic rings. The zero-order valence-corrected chi connectivity index (χ0v) is 10.5. The smallest absolute Gasteiger partial charge is 0.257 e. The second kappa shape index (κ2) is 6.26. The van der Waals surface area contributed by atoms with Crippen LogP contribution in [0.2, 0.25) is 0 Å². The zero-order valence-electron chi connectivity index (χ0n) is 10.5. The molecule has 1 atom stereocenters. The van der Waals surface area contributed by atoms with E-state index < -0.39 is 0 Å². The van der Waals surface area contributed by atoms with E-state index in [2.05, 4.69) is 20.4 Å². The number of hydrazone groups is 1. The minimum Gasteiger partial charge on any atom is -0.295 e. The van der Waals surface area contributed by atoms with Gasteiger partial charge in [-0.25, -0.2) is 5.43 Å². The molecule has 0 aromatic carbocycles. The van der Waals surface area contributed by atoms with Gasteiger partial charge in [-0.15, -0.1) is 0 Å². The maximum atomic E-state index is 11.9. The highest BCUT2D eigenvalue weighted by Gasteiger charge is 2.25. The van der Waals surface area contributed by atoms with Gasteiger partial charge < -0.3 is 0 Å². The number of amides is 1. The van der Waals surface area contributed by atoms with Crippen LogP contribution in [0.15, 0.2) is 29.6 Å². The lowest BCUT2D eigenvalue weighted by molar-refractivity contribution is -0.126. The summed E-state index contributed by atoms with van der Waals surface area (Å²) in [6.45, 7) is 0.978. The third-order valence-electron chi connectivity index (χ3n) is 3.17. The number of carbonyl (C=O) groups is 1. The van der Waals surface area contributed by atoms with Gasteiger partial charge in [0.15, 0.2) is 0 Å². The van der Waals surface area contributed by atoms with E-state index in [0.29, 0.717) is 0 Å². The molecule has 5 nitrogen and oxygen atoms in total. The van der Waals surface area contributed by atoms with Gasteiger partial charge in [0.1, 0.15) is 0 Å². The molecular formula is C13H18N4O. The third-order valence-corrected chi connectivity index (χ3v) is 3.17. The number of hydrogen-bond acceptors (Lipinski definition) is 4. The molecule has 1 aliphatic rings. The molecule has 0 spiro atoms. The number of nitrogens with one attached hydrogen (secondary N) is 1. The molecule has 1 N–H and O–H groups in total. The summed E-state index contributed by atoms with van der Waals surface area (Å²) < 4.78 is 0. The van der Waals surface area contributed by atoms with Gasteiger partial charge in [0.05, 0.1) is 12.3 Å². The van der Waals surface area contributed by atoms with E-state index >= 15 is 0 Å². The molecule has 5 heteroatoms. The number of hydrogen-bond donors (Lipinski definition) is 1. The van der Waals surface area contributed by atoms with Crippen LogP contribution in [0.25, 0.3) is 0 Å². The highest BCUT2D eigenvalue weighted by Crippen LogP contribution is 2.14. The second-order valence-electron chi connectivity index (χ2n) is 4.51. The van der Waals surface area contributed by atoms with Crippen LogP contribution in [0.3, 0.4) is 0 Å². The summed E-state index contributed by atoms with van der Waals surface area (Å²) in [4.78, 5) is 17.9. The second-order valence-corrected chi connectivity index (χ2v) is 4.51. The number of pyridine rings is 1. The Morgan fingerprint density at radius 3 is 3.00 bits per heavy atom. The Bertz CT molecular complexity index is 418. The first-order chi connectivity index (χ1) is 8.77. The molecule has 0 aliphatic carbocycles. The van der Waals surface area contributed by atoms with Crippen molar-refractivity contribution in [1.29, 1.82) is 0 Å². The molecule has 1 aliphatic heterocycles. The molecule has 18 heavy (non-hydrogen) atoms. The van der Waals surface area contributed by atoms with Gasteiger partial charge in [-0.05, 0) is 44.1 Å². The fourth-order valence-electron chi connectivity index (χ4n) is 2.10. The molecule has 1 saturated heterocycles. The fraction of sp³-hybridized carbons (Fsp3) is 0.462. The van der Waals surface area contributed by atoms with Gasteiger partial charge in [0.25, 0.3) is 5.91 Å². The number of nitrogens with zero attached hydrogens (tertiary/aromatic N) is 3. The van der Waals surface area contributed by atoms with E-state index in [4.69, 9.17) is 0 Å². The highest BCUT2D eigenvalue weighted by atomic mass is 16.2. The van der Waals surface area contributed by atoms with E-state index in [1.165, 1.54) is 6.42 Å². The van der Waals surface area contributed by atoms with Crippen molar-refractivity contribution in [3.63, 3.8) is 0 Å². The average molecular weight is 246 g/mol. The maximum absolute atomic E-state index is 11.9. The lowest BCUT2D eigenvalue weighted by Crippen LogP contribution is -2.46. The number of likely N-dealkylation sites (N-methyl/N-ethyl adjacent to an activating group) is 1. The molecule has 1 fully saturated rings. The molecule has 0 bridgehead atoms. The molecule has 0 radical (unpaired) electrons. The molecule has 0 saturated carbocycles. The van der Waals surface area contributed by atoms with E-state index in [1.807, 2.05) is 19.2 Å². The normalized spacial score (nSPS) is 21.1. The summed E-state index contributed by atoms with van der Waals surface area (Å²) in [5, 5.41) is 3.97. The van der Waals surface area contributed by atoms with Crippen LogP contribution in [0, 0.1) is 0 Å². The minimum absolute atomic E-state index is 0.0255. The number of piperidine rings is 1. The largest absolute Gasteiger partial charge is 0.295 e. The van der Waals surface area contributed by atoms with Crippen LogP contribution >= 0.6 is 0 Å². The SMILES string of the molecule is CN1CCCC[C@H]1C(=O)N/N=C\c1ccncc1. The van der Waals surface area contributed by atoms with Crippen molar-refractivity contribution < 1.29 is 4.79 Å². The summed E-state index contributed by atoms with van der Waals surface area (Å²) in [6.07, 6.45) is 8.20. The Labute approximate surface area is 107 Å². The highest BCUT2D eigenvalue weighted by molar-refractivity contribution is 5.84. The zero-order chi connectivity index (χ0) is 12.8. The first-order valence-corrected chi connectivity index (χ1v) is 6.20. The van der Waals surface area contributed by atoms with Crippen molar-refractivity contribution in [2.24, 2.45) is 5.10 Å². The Balaban J connectivity index is 1.86. The minimum atomic E-state index is -0.0478. The van der Waals surface area contributed by atoms with E-state index in [1.54, 1.807) is 18.6 Å². The predicted molar refractivity (Wildman–Crippen MR) is 70.2 cm³/mol. The number of rotatable bonds is 3. The van der Waals surface area contributed by atoms with Gasteiger partial charge in [-0.3, -0.25) is 14.7 Å². The lowest BCUT2D eigenvalue weighted by atomic mass is 10.0. The van der Waals surface area contributed by atoms with Crippen LogP contribution in [-0.4, -0.2) is 41.6 Å². The number of likely N-dealkylation sites (tertiary alicyclic amines) is 1. The van der Waals surface area contributed by atoms with Gasteiger partial charge in [-0.1, -0.05) is 6.42 Å². The molecule has 2 rings (SSSR count). The molecule has 1 amide bonds. The van der Waals surface area contributed by atoms with Crippen LogP contribution in [0.5, 0.6) is 0 Å². The van der Waals surface area contributed by atoms with Crippen molar-refractivity contribution >= 4 is 12.1 Å². The van der Waals surface area contributed by atoms with Gasteiger partial charge in [0.2, 0.25) is 0 Å². The summed E-state index contributed by atoms with van der Waals surface area (Å²) in [7, 11) is 1.98. The fourth-order valence-corrected chi connectivity index (χ4v) is 2.10. The van der Waals surface area contributed by atoms with Crippen molar-refractivity contribution in [1.82, 2.24) is 15.3 Å². The molecule has 2 heterocycles. The van der Waals surface area contributed by atoms with Crippen molar-refractivity contribution in [2.45, 2.75) is 25.3 Å². The number of carbonyl (C=O) groups excluding carboxylic acids is 1. The van der Waals surface area contributed by atoms with Crippen LogP contribution < -0.4 is 5.43 Å². The Morgan fingerprint density at radius 1 is 1.50 bits per heavy atom. The molecule has 96 valence electrons. The first kappa shape index (κ1) is 12.7. The number of aromatic nitrogens is 1. The van der Waals surface area contributed by atoms with Crippen LogP contribution in [0.1, 0.15) is 24.8 Å². The summed E-state index contributed by atoms with van der Waals surface area (Å²) in [5.74, 6) is -0.0255. The summed E-state index contributed by atoms with van der Waals surface area (Å²) >= 11 is 0. The van der Waals surface area contributed by atoms with Crippen molar-refractivity contribution in [3.8, 4) is 0 Å². The maximum Gasteiger partial charge on any atom is 0.257 e. The van der Waals surface area contributed by atoms with Gasteiger partial charge in [-0.2, -0.15) is 5.10 Å².